The largest absolute Gasteiger partial charge is 0.398 e. The topological polar surface area (TPSA) is 38.0 Å². The SMILES string of the molecule is CC(C)(C)C1CCC(Nc2ccc(N)c3ccccc23)CC1. The Bertz CT molecular complexity index is 646. The fraction of sp³-hybridized carbons (Fsp3) is 0.500. The summed E-state index contributed by atoms with van der Waals surface area (Å²) < 4.78 is 0. The van der Waals surface area contributed by atoms with Crippen LogP contribution in [0, 0.1) is 11.3 Å². The van der Waals surface area contributed by atoms with E-state index in [1.807, 2.05) is 6.07 Å². The zero-order valence-corrected chi connectivity index (χ0v) is 14.0. The fourth-order valence-electron chi connectivity index (χ4n) is 3.77. The minimum Gasteiger partial charge on any atom is -0.398 e. The molecule has 0 saturated heterocycles. The third-order valence-electron chi connectivity index (χ3n) is 5.27. The molecular weight excluding hydrogens is 268 g/mol. The predicted octanol–water partition coefficient (Wildman–Crippen LogP) is 5.44. The van der Waals surface area contributed by atoms with E-state index in [4.69, 9.17) is 5.73 Å². The van der Waals surface area contributed by atoms with E-state index in [0.29, 0.717) is 11.5 Å². The molecule has 0 bridgehead atoms. The summed E-state index contributed by atoms with van der Waals surface area (Å²) in [5.74, 6) is 0.855. The van der Waals surface area contributed by atoms with Crippen LogP contribution in [0.5, 0.6) is 0 Å². The first-order chi connectivity index (χ1) is 10.4. The molecule has 0 aliphatic heterocycles. The molecule has 2 nitrogen and oxygen atoms in total. The van der Waals surface area contributed by atoms with Gasteiger partial charge in [-0.15, -0.1) is 0 Å². The highest BCUT2D eigenvalue weighted by atomic mass is 14.9. The van der Waals surface area contributed by atoms with Gasteiger partial charge in [-0.25, -0.2) is 0 Å². The molecule has 3 N–H and O–H groups in total. The normalized spacial score (nSPS) is 22.7. The maximum absolute atomic E-state index is 6.10. The third-order valence-corrected chi connectivity index (χ3v) is 5.27. The standard InChI is InChI=1S/C20H28N2/c1-20(2,3)14-8-10-15(11-9-14)22-19-13-12-18(21)16-6-4-5-7-17(16)19/h4-7,12-15,22H,8-11,21H2,1-3H3. The van der Waals surface area contributed by atoms with Crippen molar-refractivity contribution in [1.82, 2.24) is 0 Å². The zero-order chi connectivity index (χ0) is 15.7. The number of benzene rings is 2. The second-order valence-corrected chi connectivity index (χ2v) is 7.81. The summed E-state index contributed by atoms with van der Waals surface area (Å²) in [6.45, 7) is 7.12. The summed E-state index contributed by atoms with van der Waals surface area (Å²) >= 11 is 0. The second-order valence-electron chi connectivity index (χ2n) is 7.81. The smallest absolute Gasteiger partial charge is 0.0423 e. The van der Waals surface area contributed by atoms with Gasteiger partial charge in [0, 0.05) is 28.2 Å². The third kappa shape index (κ3) is 3.06. The maximum atomic E-state index is 6.10. The quantitative estimate of drug-likeness (QED) is 0.724. The maximum Gasteiger partial charge on any atom is 0.0423 e. The Balaban J connectivity index is 1.74. The molecule has 1 aliphatic carbocycles. The van der Waals surface area contributed by atoms with E-state index in [2.05, 4.69) is 56.4 Å². The van der Waals surface area contributed by atoms with Crippen molar-refractivity contribution < 1.29 is 0 Å². The van der Waals surface area contributed by atoms with Crippen LogP contribution in [-0.4, -0.2) is 6.04 Å². The van der Waals surface area contributed by atoms with Crippen LogP contribution in [0.1, 0.15) is 46.5 Å². The van der Waals surface area contributed by atoms with Crippen molar-refractivity contribution in [2.75, 3.05) is 11.1 Å². The lowest BCUT2D eigenvalue weighted by molar-refractivity contribution is 0.173. The number of nitrogens with one attached hydrogen (secondary N) is 1. The van der Waals surface area contributed by atoms with Crippen LogP contribution >= 0.6 is 0 Å². The Morgan fingerprint density at radius 2 is 1.55 bits per heavy atom. The molecule has 118 valence electrons. The van der Waals surface area contributed by atoms with Crippen LogP contribution in [0.15, 0.2) is 36.4 Å². The van der Waals surface area contributed by atoms with Crippen molar-refractivity contribution in [3.05, 3.63) is 36.4 Å². The van der Waals surface area contributed by atoms with Gasteiger partial charge in [-0.2, -0.15) is 0 Å². The van der Waals surface area contributed by atoms with Gasteiger partial charge in [-0.3, -0.25) is 0 Å². The van der Waals surface area contributed by atoms with E-state index in [9.17, 15) is 0 Å². The molecule has 3 rings (SSSR count). The number of nitrogen functional groups attached to an aromatic ring is 1. The average molecular weight is 296 g/mol. The predicted molar refractivity (Wildman–Crippen MR) is 97.2 cm³/mol. The molecule has 0 amide bonds. The van der Waals surface area contributed by atoms with Gasteiger partial charge in [0.05, 0.1) is 0 Å². The summed E-state index contributed by atoms with van der Waals surface area (Å²) in [5.41, 5.74) is 8.62. The Hall–Kier alpha value is -1.70. The highest BCUT2D eigenvalue weighted by Crippen LogP contribution is 2.39. The Morgan fingerprint density at radius 1 is 0.909 bits per heavy atom. The first kappa shape index (κ1) is 15.2. The van der Waals surface area contributed by atoms with Gasteiger partial charge in [0.1, 0.15) is 0 Å². The highest BCUT2D eigenvalue weighted by Gasteiger charge is 2.29. The molecule has 22 heavy (non-hydrogen) atoms. The van der Waals surface area contributed by atoms with Gasteiger partial charge in [0.2, 0.25) is 0 Å². The number of anilines is 2. The van der Waals surface area contributed by atoms with Crippen molar-refractivity contribution >= 4 is 22.1 Å². The van der Waals surface area contributed by atoms with Crippen LogP contribution in [0.25, 0.3) is 10.8 Å². The molecule has 1 fully saturated rings. The molecule has 0 heterocycles. The monoisotopic (exact) mass is 296 g/mol. The fourth-order valence-corrected chi connectivity index (χ4v) is 3.77. The van der Waals surface area contributed by atoms with E-state index in [-0.39, 0.29) is 0 Å². The van der Waals surface area contributed by atoms with Crippen molar-refractivity contribution in [1.29, 1.82) is 0 Å². The van der Waals surface area contributed by atoms with Crippen molar-refractivity contribution in [2.45, 2.75) is 52.5 Å². The molecule has 2 aromatic carbocycles. The van der Waals surface area contributed by atoms with E-state index in [1.54, 1.807) is 0 Å². The van der Waals surface area contributed by atoms with Gasteiger partial charge in [-0.1, -0.05) is 45.0 Å². The Labute approximate surface area is 134 Å². The summed E-state index contributed by atoms with van der Waals surface area (Å²) in [6.07, 6.45) is 5.18. The molecule has 0 atom stereocenters. The van der Waals surface area contributed by atoms with E-state index in [0.717, 1.165) is 17.0 Å². The molecule has 0 unspecified atom stereocenters. The molecule has 0 spiro atoms. The minimum atomic E-state index is 0.443. The van der Waals surface area contributed by atoms with Crippen LogP contribution < -0.4 is 11.1 Å². The lowest BCUT2D eigenvalue weighted by Crippen LogP contribution is -2.31. The molecular formula is C20H28N2. The van der Waals surface area contributed by atoms with Gasteiger partial charge in [0.15, 0.2) is 0 Å². The lowest BCUT2D eigenvalue weighted by atomic mass is 9.71. The van der Waals surface area contributed by atoms with Crippen molar-refractivity contribution in [3.63, 3.8) is 0 Å². The first-order valence-corrected chi connectivity index (χ1v) is 8.49. The Kier molecular flexibility index (Phi) is 4.03. The highest BCUT2D eigenvalue weighted by molar-refractivity contribution is 6.01. The van der Waals surface area contributed by atoms with Crippen molar-refractivity contribution in [2.24, 2.45) is 11.3 Å². The number of hydrogen-bond donors (Lipinski definition) is 2. The Morgan fingerprint density at radius 3 is 2.18 bits per heavy atom. The van der Waals surface area contributed by atoms with Gasteiger partial charge >= 0.3 is 0 Å². The number of rotatable bonds is 2. The van der Waals surface area contributed by atoms with Gasteiger partial charge in [0.25, 0.3) is 0 Å². The summed E-state index contributed by atoms with van der Waals surface area (Å²) in [5, 5.41) is 6.15. The molecule has 0 aromatic heterocycles. The molecule has 1 saturated carbocycles. The summed E-state index contributed by atoms with van der Waals surface area (Å²) in [4.78, 5) is 0. The van der Waals surface area contributed by atoms with Crippen molar-refractivity contribution in [3.8, 4) is 0 Å². The zero-order valence-electron chi connectivity index (χ0n) is 14.0. The van der Waals surface area contributed by atoms with Crippen LogP contribution in [0.4, 0.5) is 11.4 Å². The van der Waals surface area contributed by atoms with Crippen LogP contribution in [0.2, 0.25) is 0 Å². The second kappa shape index (κ2) is 5.83. The lowest BCUT2D eigenvalue weighted by Gasteiger charge is -2.37. The summed E-state index contributed by atoms with van der Waals surface area (Å²) in [6, 6.07) is 13.1. The van der Waals surface area contributed by atoms with Gasteiger partial charge in [-0.05, 0) is 49.1 Å². The van der Waals surface area contributed by atoms with E-state index < -0.39 is 0 Å². The number of fused-ring (bicyclic) bond motifs is 1. The van der Waals surface area contributed by atoms with Gasteiger partial charge < -0.3 is 11.1 Å². The molecule has 1 aliphatic rings. The molecule has 0 radical (unpaired) electrons. The van der Waals surface area contributed by atoms with Crippen LogP contribution in [0.3, 0.4) is 0 Å². The molecule has 2 aromatic rings. The van der Waals surface area contributed by atoms with E-state index in [1.165, 1.54) is 36.8 Å². The minimum absolute atomic E-state index is 0.443. The molecule has 2 heteroatoms. The van der Waals surface area contributed by atoms with E-state index >= 15 is 0 Å². The summed E-state index contributed by atoms with van der Waals surface area (Å²) in [7, 11) is 0. The average Bonchev–Trinajstić information content (AvgIpc) is 2.50. The van der Waals surface area contributed by atoms with Crippen LogP contribution in [-0.2, 0) is 0 Å². The number of nitrogens with two attached hydrogens (primary N) is 1. The first-order valence-electron chi connectivity index (χ1n) is 8.49. The number of hydrogen-bond acceptors (Lipinski definition) is 2.